The fourth-order valence-electron chi connectivity index (χ4n) is 1.86. The molecule has 1 atom stereocenters. The van der Waals surface area contributed by atoms with Gasteiger partial charge in [0.1, 0.15) is 5.67 Å². The largest absolute Gasteiger partial charge is 0.381 e. The van der Waals surface area contributed by atoms with E-state index in [1.165, 1.54) is 5.56 Å². The normalized spacial score (nSPS) is 26.4. The molecule has 0 amide bonds. The molecule has 0 aliphatic carbocycles. The first-order chi connectivity index (χ1) is 6.08. The van der Waals surface area contributed by atoms with Gasteiger partial charge < -0.3 is 5.32 Å². The molecule has 13 heavy (non-hydrogen) atoms. The second kappa shape index (κ2) is 2.72. The Morgan fingerprint density at radius 2 is 2.23 bits per heavy atom. The topological polar surface area (TPSA) is 12.0 Å². The van der Waals surface area contributed by atoms with Crippen LogP contribution in [0.1, 0.15) is 18.1 Å². The molecule has 1 aliphatic heterocycles. The molecule has 1 N–H and O–H groups in total. The molecule has 0 radical (unpaired) electrons. The Bertz CT molecular complexity index is 331. The fourth-order valence-corrected chi connectivity index (χ4v) is 1.86. The maximum absolute atomic E-state index is 13.6. The summed E-state index contributed by atoms with van der Waals surface area (Å²) in [6.07, 6.45) is 0.525. The van der Waals surface area contributed by atoms with Crippen molar-refractivity contribution in [1.29, 1.82) is 0 Å². The van der Waals surface area contributed by atoms with Crippen LogP contribution >= 0.6 is 0 Å². The van der Waals surface area contributed by atoms with Crippen molar-refractivity contribution < 1.29 is 4.39 Å². The Kier molecular flexibility index (Phi) is 1.79. The molecule has 1 aromatic carbocycles. The average molecular weight is 179 g/mol. The summed E-state index contributed by atoms with van der Waals surface area (Å²) in [6.45, 7) is 4.11. The van der Waals surface area contributed by atoms with Crippen LogP contribution in [0.25, 0.3) is 0 Å². The van der Waals surface area contributed by atoms with Crippen LogP contribution in [0.15, 0.2) is 18.2 Å². The third kappa shape index (κ3) is 1.53. The van der Waals surface area contributed by atoms with Crippen molar-refractivity contribution in [1.82, 2.24) is 0 Å². The first-order valence-corrected chi connectivity index (χ1v) is 4.60. The maximum atomic E-state index is 13.6. The average Bonchev–Trinajstić information content (AvgIpc) is 2.02. The molecule has 0 aromatic heterocycles. The zero-order valence-electron chi connectivity index (χ0n) is 8.02. The highest BCUT2D eigenvalue weighted by molar-refractivity contribution is 5.59. The van der Waals surface area contributed by atoms with E-state index in [2.05, 4.69) is 5.32 Å². The van der Waals surface area contributed by atoms with Gasteiger partial charge in [-0.15, -0.1) is 0 Å². The molecule has 2 rings (SSSR count). The van der Waals surface area contributed by atoms with Gasteiger partial charge in [-0.2, -0.15) is 0 Å². The van der Waals surface area contributed by atoms with Crippen molar-refractivity contribution in [3.63, 3.8) is 0 Å². The van der Waals surface area contributed by atoms with Crippen LogP contribution in [0, 0.1) is 6.92 Å². The number of nitrogens with one attached hydrogen (secondary N) is 1. The molecule has 0 saturated carbocycles. The number of aryl methyl sites for hydroxylation is 1. The Hall–Kier alpha value is -1.05. The summed E-state index contributed by atoms with van der Waals surface area (Å²) in [5.74, 6) is 0. The Morgan fingerprint density at radius 3 is 3.00 bits per heavy atom. The maximum Gasteiger partial charge on any atom is 0.129 e. The number of hydrogen-bond donors (Lipinski definition) is 1. The number of rotatable bonds is 0. The van der Waals surface area contributed by atoms with Gasteiger partial charge in [-0.3, -0.25) is 0 Å². The summed E-state index contributed by atoms with van der Waals surface area (Å²) < 4.78 is 13.6. The summed E-state index contributed by atoms with van der Waals surface area (Å²) in [5, 5.41) is 3.15. The molecule has 1 unspecified atom stereocenters. The predicted octanol–water partition coefficient (Wildman–Crippen LogP) is 2.69. The van der Waals surface area contributed by atoms with Crippen LogP contribution in [-0.2, 0) is 6.42 Å². The van der Waals surface area contributed by atoms with E-state index in [4.69, 9.17) is 0 Å². The van der Waals surface area contributed by atoms with E-state index in [9.17, 15) is 4.39 Å². The standard InChI is InChI=1S/C11H14FN/c1-8-4-3-5-9-6-11(2,12)7-13-10(8)9/h3-5,13H,6-7H2,1-2H3. The summed E-state index contributed by atoms with van der Waals surface area (Å²) in [4.78, 5) is 0. The zero-order chi connectivity index (χ0) is 9.47. The molecule has 1 aromatic rings. The number of hydrogen-bond acceptors (Lipinski definition) is 1. The fraction of sp³-hybridized carbons (Fsp3) is 0.455. The lowest BCUT2D eigenvalue weighted by atomic mass is 9.91. The third-order valence-electron chi connectivity index (χ3n) is 2.55. The van der Waals surface area contributed by atoms with Crippen molar-refractivity contribution in [2.24, 2.45) is 0 Å². The molecule has 0 bridgehead atoms. The number of para-hydroxylation sites is 1. The molecule has 1 aliphatic rings. The van der Waals surface area contributed by atoms with Gasteiger partial charge in [-0.1, -0.05) is 18.2 Å². The van der Waals surface area contributed by atoms with Gasteiger partial charge in [-0.05, 0) is 25.0 Å². The van der Waals surface area contributed by atoms with Crippen LogP contribution in [0.3, 0.4) is 0 Å². The van der Waals surface area contributed by atoms with E-state index in [1.807, 2.05) is 25.1 Å². The van der Waals surface area contributed by atoms with E-state index in [1.54, 1.807) is 6.92 Å². The molecule has 0 fully saturated rings. The summed E-state index contributed by atoms with van der Waals surface area (Å²) in [7, 11) is 0. The Labute approximate surface area is 78.0 Å². The highest BCUT2D eigenvalue weighted by Gasteiger charge is 2.29. The summed E-state index contributed by atoms with van der Waals surface area (Å²) >= 11 is 0. The van der Waals surface area contributed by atoms with Gasteiger partial charge in [0, 0.05) is 18.7 Å². The van der Waals surface area contributed by atoms with Gasteiger partial charge in [0.15, 0.2) is 0 Å². The van der Waals surface area contributed by atoms with Gasteiger partial charge in [-0.25, -0.2) is 4.39 Å². The molecular formula is C11H14FN. The number of fused-ring (bicyclic) bond motifs is 1. The zero-order valence-corrected chi connectivity index (χ0v) is 8.02. The van der Waals surface area contributed by atoms with E-state index >= 15 is 0 Å². The van der Waals surface area contributed by atoms with E-state index in [0.29, 0.717) is 13.0 Å². The van der Waals surface area contributed by atoms with Crippen LogP contribution in [0.2, 0.25) is 0 Å². The molecular weight excluding hydrogens is 165 g/mol. The molecule has 2 heteroatoms. The Morgan fingerprint density at radius 1 is 1.46 bits per heavy atom. The first kappa shape index (κ1) is 8.54. The summed E-state index contributed by atoms with van der Waals surface area (Å²) in [5.41, 5.74) is 2.32. The van der Waals surface area contributed by atoms with Crippen LogP contribution < -0.4 is 5.32 Å². The minimum atomic E-state index is -1.10. The second-order valence-corrected chi connectivity index (χ2v) is 4.05. The molecule has 70 valence electrons. The van der Waals surface area contributed by atoms with Gasteiger partial charge in [0.2, 0.25) is 0 Å². The van der Waals surface area contributed by atoms with E-state index in [-0.39, 0.29) is 0 Å². The third-order valence-corrected chi connectivity index (χ3v) is 2.55. The van der Waals surface area contributed by atoms with Crippen molar-refractivity contribution in [3.8, 4) is 0 Å². The smallest absolute Gasteiger partial charge is 0.129 e. The minimum absolute atomic E-state index is 0.421. The van der Waals surface area contributed by atoms with Gasteiger partial charge >= 0.3 is 0 Å². The number of anilines is 1. The highest BCUT2D eigenvalue weighted by atomic mass is 19.1. The van der Waals surface area contributed by atoms with Gasteiger partial charge in [0.05, 0.1) is 0 Å². The van der Waals surface area contributed by atoms with Crippen molar-refractivity contribution >= 4 is 5.69 Å². The van der Waals surface area contributed by atoms with E-state index < -0.39 is 5.67 Å². The van der Waals surface area contributed by atoms with Crippen LogP contribution in [-0.4, -0.2) is 12.2 Å². The van der Waals surface area contributed by atoms with E-state index in [0.717, 1.165) is 11.3 Å². The lowest BCUT2D eigenvalue weighted by molar-refractivity contribution is 0.202. The molecule has 0 saturated heterocycles. The van der Waals surface area contributed by atoms with Crippen LogP contribution in [0.5, 0.6) is 0 Å². The van der Waals surface area contributed by atoms with Crippen molar-refractivity contribution in [3.05, 3.63) is 29.3 Å². The van der Waals surface area contributed by atoms with Crippen LogP contribution in [0.4, 0.5) is 10.1 Å². The van der Waals surface area contributed by atoms with Crippen molar-refractivity contribution in [2.45, 2.75) is 25.9 Å². The monoisotopic (exact) mass is 179 g/mol. The number of alkyl halides is 1. The lowest BCUT2D eigenvalue weighted by Gasteiger charge is -2.29. The number of benzene rings is 1. The molecule has 0 spiro atoms. The Balaban J connectivity index is 2.42. The van der Waals surface area contributed by atoms with Crippen molar-refractivity contribution in [2.75, 3.05) is 11.9 Å². The second-order valence-electron chi connectivity index (χ2n) is 4.05. The lowest BCUT2D eigenvalue weighted by Crippen LogP contribution is -2.35. The SMILES string of the molecule is Cc1cccc2c1NCC(C)(F)C2. The van der Waals surface area contributed by atoms with Gasteiger partial charge in [0.25, 0.3) is 0 Å². The first-order valence-electron chi connectivity index (χ1n) is 4.60. The quantitative estimate of drug-likeness (QED) is 0.645. The minimum Gasteiger partial charge on any atom is -0.381 e. The number of halogens is 1. The molecule has 1 nitrogen and oxygen atoms in total. The summed E-state index contributed by atoms with van der Waals surface area (Å²) in [6, 6.07) is 6.02. The predicted molar refractivity (Wildman–Crippen MR) is 52.9 cm³/mol. The highest BCUT2D eigenvalue weighted by Crippen LogP contribution is 2.31. The molecule has 1 heterocycles.